The maximum Gasteiger partial charge on any atom is 0.231 e. The zero-order chi connectivity index (χ0) is 11.3. The molecule has 16 heavy (non-hydrogen) atoms. The topological polar surface area (TPSA) is 68.9 Å². The number of aryl methyl sites for hydroxylation is 1. The molecule has 0 saturated heterocycles. The second kappa shape index (κ2) is 2.91. The Morgan fingerprint density at radius 2 is 2.12 bits per heavy atom. The van der Waals surface area contributed by atoms with Gasteiger partial charge in [-0.2, -0.15) is 0 Å². The maximum atomic E-state index is 11.7. The molecule has 0 atom stereocenters. The smallest absolute Gasteiger partial charge is 0.231 e. The highest BCUT2D eigenvalue weighted by Crippen LogP contribution is 2.44. The van der Waals surface area contributed by atoms with Gasteiger partial charge in [-0.15, -0.1) is 0 Å². The maximum absolute atomic E-state index is 11.7. The SMILES string of the molecule is Cc1cc(=O)c2c(O)c3c(cc2o1)OCO3. The summed E-state index contributed by atoms with van der Waals surface area (Å²) in [7, 11) is 0. The third-order valence-electron chi connectivity index (χ3n) is 2.45. The number of aromatic hydroxyl groups is 1. The van der Waals surface area contributed by atoms with Crippen LogP contribution >= 0.6 is 0 Å². The Bertz CT molecular complexity index is 641. The Kier molecular flexibility index (Phi) is 1.65. The lowest BCUT2D eigenvalue weighted by Gasteiger charge is -2.04. The molecular weight excluding hydrogens is 212 g/mol. The molecule has 2 aromatic rings. The summed E-state index contributed by atoms with van der Waals surface area (Å²) in [5.41, 5.74) is 0.00120. The van der Waals surface area contributed by atoms with Crippen molar-refractivity contribution in [1.29, 1.82) is 0 Å². The van der Waals surface area contributed by atoms with Crippen LogP contribution in [0.2, 0.25) is 0 Å². The first kappa shape index (κ1) is 9.08. The minimum Gasteiger partial charge on any atom is -0.504 e. The molecule has 0 spiro atoms. The van der Waals surface area contributed by atoms with Crippen LogP contribution in [0.15, 0.2) is 21.3 Å². The molecule has 1 aromatic heterocycles. The molecule has 82 valence electrons. The lowest BCUT2D eigenvalue weighted by atomic mass is 10.1. The standard InChI is InChI=1S/C11H8O5/c1-5-2-6(12)9-7(16-5)3-8-11(10(9)13)15-4-14-8/h2-3,13H,4H2,1H3. The molecule has 5 nitrogen and oxygen atoms in total. The van der Waals surface area contributed by atoms with Gasteiger partial charge in [-0.05, 0) is 6.92 Å². The Morgan fingerprint density at radius 1 is 1.31 bits per heavy atom. The number of benzene rings is 1. The van der Waals surface area contributed by atoms with Gasteiger partial charge in [-0.25, -0.2) is 0 Å². The van der Waals surface area contributed by atoms with Crippen LogP contribution in [0.25, 0.3) is 11.0 Å². The third kappa shape index (κ3) is 1.08. The van der Waals surface area contributed by atoms with E-state index in [4.69, 9.17) is 13.9 Å². The summed E-state index contributed by atoms with van der Waals surface area (Å²) in [6.45, 7) is 1.70. The first-order valence-electron chi connectivity index (χ1n) is 4.73. The minimum atomic E-state index is -0.297. The van der Waals surface area contributed by atoms with Crippen LogP contribution in [0.3, 0.4) is 0 Å². The summed E-state index contributed by atoms with van der Waals surface area (Å²) in [5, 5.41) is 10.00. The van der Waals surface area contributed by atoms with Crippen molar-refractivity contribution in [2.75, 3.05) is 6.79 Å². The second-order valence-electron chi connectivity index (χ2n) is 3.55. The molecule has 2 heterocycles. The first-order valence-corrected chi connectivity index (χ1v) is 4.73. The van der Waals surface area contributed by atoms with Crippen molar-refractivity contribution >= 4 is 11.0 Å². The largest absolute Gasteiger partial charge is 0.504 e. The predicted octanol–water partition coefficient (Wildman–Crippen LogP) is 1.54. The first-order chi connectivity index (χ1) is 7.66. The summed E-state index contributed by atoms with van der Waals surface area (Å²) in [6.07, 6.45) is 0. The van der Waals surface area contributed by atoms with Crippen molar-refractivity contribution in [3.05, 3.63) is 28.1 Å². The summed E-state index contributed by atoms with van der Waals surface area (Å²) in [6, 6.07) is 2.87. The average Bonchev–Trinajstić information content (AvgIpc) is 2.64. The zero-order valence-corrected chi connectivity index (χ0v) is 8.44. The molecule has 1 aromatic carbocycles. The van der Waals surface area contributed by atoms with Crippen LogP contribution in [0.4, 0.5) is 0 Å². The van der Waals surface area contributed by atoms with E-state index in [1.807, 2.05) is 0 Å². The molecule has 0 fully saturated rings. The van der Waals surface area contributed by atoms with E-state index in [1.165, 1.54) is 6.07 Å². The fraction of sp³-hybridized carbons (Fsp3) is 0.182. The summed E-state index contributed by atoms with van der Waals surface area (Å²) in [5.74, 6) is 0.844. The highest BCUT2D eigenvalue weighted by Gasteiger charge is 2.23. The highest BCUT2D eigenvalue weighted by molar-refractivity contribution is 5.88. The number of ether oxygens (including phenoxy) is 2. The van der Waals surface area contributed by atoms with E-state index in [0.29, 0.717) is 17.1 Å². The Morgan fingerprint density at radius 3 is 2.94 bits per heavy atom. The number of rotatable bonds is 0. The fourth-order valence-corrected chi connectivity index (χ4v) is 1.78. The normalized spacial score (nSPS) is 13.3. The van der Waals surface area contributed by atoms with Crippen molar-refractivity contribution < 1.29 is 19.0 Å². The van der Waals surface area contributed by atoms with Crippen molar-refractivity contribution in [3.8, 4) is 17.2 Å². The average molecular weight is 220 g/mol. The van der Waals surface area contributed by atoms with E-state index in [-0.39, 0.29) is 29.1 Å². The summed E-state index contributed by atoms with van der Waals surface area (Å²) < 4.78 is 15.5. The molecule has 5 heteroatoms. The molecule has 0 radical (unpaired) electrons. The number of phenolic OH excluding ortho intramolecular Hbond substituents is 1. The Hall–Kier alpha value is -2.17. The van der Waals surface area contributed by atoms with E-state index in [1.54, 1.807) is 13.0 Å². The summed E-state index contributed by atoms with van der Waals surface area (Å²) in [4.78, 5) is 11.7. The lowest BCUT2D eigenvalue weighted by molar-refractivity contribution is 0.171. The van der Waals surface area contributed by atoms with Crippen molar-refractivity contribution in [1.82, 2.24) is 0 Å². The molecule has 1 aliphatic heterocycles. The quantitative estimate of drug-likeness (QED) is 0.729. The Labute approximate surface area is 89.8 Å². The van der Waals surface area contributed by atoms with Gasteiger partial charge in [-0.1, -0.05) is 0 Å². The van der Waals surface area contributed by atoms with Gasteiger partial charge in [0.05, 0.1) is 0 Å². The Balaban J connectivity index is 2.51. The second-order valence-corrected chi connectivity index (χ2v) is 3.55. The number of hydrogen-bond acceptors (Lipinski definition) is 5. The molecule has 0 unspecified atom stereocenters. The van der Waals surface area contributed by atoms with Gasteiger partial charge in [0.25, 0.3) is 0 Å². The number of hydrogen-bond donors (Lipinski definition) is 1. The van der Waals surface area contributed by atoms with Crippen molar-refractivity contribution in [2.24, 2.45) is 0 Å². The van der Waals surface area contributed by atoms with E-state index < -0.39 is 0 Å². The van der Waals surface area contributed by atoms with Gasteiger partial charge in [0.2, 0.25) is 12.5 Å². The minimum absolute atomic E-state index is 0.0341. The van der Waals surface area contributed by atoms with Gasteiger partial charge in [-0.3, -0.25) is 4.79 Å². The predicted molar refractivity (Wildman–Crippen MR) is 55.0 cm³/mol. The fourth-order valence-electron chi connectivity index (χ4n) is 1.78. The van der Waals surface area contributed by atoms with E-state index in [2.05, 4.69) is 0 Å². The van der Waals surface area contributed by atoms with Gasteiger partial charge in [0.15, 0.2) is 16.9 Å². The lowest BCUT2D eigenvalue weighted by Crippen LogP contribution is -2.00. The van der Waals surface area contributed by atoms with Crippen LogP contribution in [0.1, 0.15) is 5.76 Å². The van der Waals surface area contributed by atoms with Gasteiger partial charge < -0.3 is 19.0 Å². The molecule has 0 aliphatic carbocycles. The molecule has 1 aliphatic rings. The molecule has 0 saturated carbocycles. The highest BCUT2D eigenvalue weighted by atomic mass is 16.7. The number of fused-ring (bicyclic) bond motifs is 2. The molecule has 3 rings (SSSR count). The van der Waals surface area contributed by atoms with Crippen molar-refractivity contribution in [2.45, 2.75) is 6.92 Å². The van der Waals surface area contributed by atoms with Crippen LogP contribution < -0.4 is 14.9 Å². The molecule has 0 amide bonds. The van der Waals surface area contributed by atoms with Crippen LogP contribution in [0, 0.1) is 6.92 Å². The van der Waals surface area contributed by atoms with E-state index >= 15 is 0 Å². The monoisotopic (exact) mass is 220 g/mol. The van der Waals surface area contributed by atoms with Crippen LogP contribution in [-0.2, 0) is 0 Å². The molecule has 1 N–H and O–H groups in total. The zero-order valence-electron chi connectivity index (χ0n) is 8.44. The summed E-state index contributed by atoms with van der Waals surface area (Å²) >= 11 is 0. The van der Waals surface area contributed by atoms with Gasteiger partial charge in [0.1, 0.15) is 16.7 Å². The van der Waals surface area contributed by atoms with E-state index in [9.17, 15) is 9.90 Å². The van der Waals surface area contributed by atoms with E-state index in [0.717, 1.165) is 0 Å². The van der Waals surface area contributed by atoms with Crippen LogP contribution in [0.5, 0.6) is 17.2 Å². The number of phenols is 1. The van der Waals surface area contributed by atoms with Gasteiger partial charge >= 0.3 is 0 Å². The van der Waals surface area contributed by atoms with Gasteiger partial charge in [0, 0.05) is 12.1 Å². The third-order valence-corrected chi connectivity index (χ3v) is 2.45. The van der Waals surface area contributed by atoms with Crippen LogP contribution in [-0.4, -0.2) is 11.9 Å². The molecular formula is C11H8O5. The van der Waals surface area contributed by atoms with Crippen molar-refractivity contribution in [3.63, 3.8) is 0 Å². The molecule has 0 bridgehead atoms.